The van der Waals surface area contributed by atoms with Gasteiger partial charge in [-0.25, -0.2) is 13.4 Å². The van der Waals surface area contributed by atoms with Gasteiger partial charge < -0.3 is 4.74 Å². The minimum Gasteiger partial charge on any atom is -0.385 e. The molecule has 9 heteroatoms. The zero-order chi connectivity index (χ0) is 22.6. The van der Waals surface area contributed by atoms with Crippen LogP contribution in [-0.2, 0) is 21.3 Å². The van der Waals surface area contributed by atoms with Crippen LogP contribution in [-0.4, -0.2) is 42.5 Å². The third kappa shape index (κ3) is 4.82. The Balaban J connectivity index is 2.13. The highest BCUT2D eigenvalue weighted by Crippen LogP contribution is 2.28. The van der Waals surface area contributed by atoms with Crippen LogP contribution in [0.5, 0.6) is 0 Å². The van der Waals surface area contributed by atoms with Gasteiger partial charge >= 0.3 is 0 Å². The number of nitrogens with zero attached hydrogens (tertiary/aromatic N) is 3. The molecule has 1 aromatic heterocycles. The Morgan fingerprint density at radius 2 is 1.84 bits per heavy atom. The number of rotatable bonds is 9. The van der Waals surface area contributed by atoms with Crippen molar-refractivity contribution < 1.29 is 13.2 Å². The number of benzene rings is 2. The SMILES string of the molecule is CCn1c(C(C)N(CCCOC)S(=O)(=O)c2ccc(Cl)cc2)nc2ccccc2c1=O. The van der Waals surface area contributed by atoms with E-state index in [1.54, 1.807) is 50.4 Å². The zero-order valence-electron chi connectivity index (χ0n) is 17.8. The second-order valence-electron chi connectivity index (χ2n) is 7.13. The maximum atomic E-state index is 13.5. The van der Waals surface area contributed by atoms with Crippen molar-refractivity contribution in [3.63, 3.8) is 0 Å². The monoisotopic (exact) mass is 463 g/mol. The summed E-state index contributed by atoms with van der Waals surface area (Å²) in [5.74, 6) is 0.404. The molecule has 0 radical (unpaired) electrons. The van der Waals surface area contributed by atoms with Crippen molar-refractivity contribution in [2.75, 3.05) is 20.3 Å². The van der Waals surface area contributed by atoms with Crippen molar-refractivity contribution in [1.82, 2.24) is 13.9 Å². The molecule has 166 valence electrons. The second kappa shape index (κ2) is 9.91. The van der Waals surface area contributed by atoms with Crippen molar-refractivity contribution in [3.05, 3.63) is 69.7 Å². The van der Waals surface area contributed by atoms with E-state index in [4.69, 9.17) is 16.3 Å². The Morgan fingerprint density at radius 3 is 2.48 bits per heavy atom. The van der Waals surface area contributed by atoms with E-state index in [0.717, 1.165) is 0 Å². The highest BCUT2D eigenvalue weighted by molar-refractivity contribution is 7.89. The molecule has 0 aliphatic heterocycles. The Morgan fingerprint density at radius 1 is 1.16 bits per heavy atom. The number of sulfonamides is 1. The van der Waals surface area contributed by atoms with E-state index in [1.165, 1.54) is 21.0 Å². The quantitative estimate of drug-likeness (QED) is 0.450. The predicted molar refractivity (Wildman–Crippen MR) is 122 cm³/mol. The zero-order valence-corrected chi connectivity index (χ0v) is 19.4. The van der Waals surface area contributed by atoms with Crippen molar-refractivity contribution >= 4 is 32.5 Å². The van der Waals surface area contributed by atoms with Crippen LogP contribution in [0.1, 0.15) is 32.1 Å². The topological polar surface area (TPSA) is 81.5 Å². The molecule has 3 aromatic rings. The molecule has 2 aromatic carbocycles. The fourth-order valence-electron chi connectivity index (χ4n) is 3.57. The van der Waals surface area contributed by atoms with Gasteiger partial charge in [0.15, 0.2) is 0 Å². The maximum absolute atomic E-state index is 13.5. The third-order valence-corrected chi connectivity index (χ3v) is 7.40. The number of halogens is 1. The van der Waals surface area contributed by atoms with Crippen LogP contribution in [0.2, 0.25) is 5.02 Å². The van der Waals surface area contributed by atoms with Gasteiger partial charge in [0.1, 0.15) is 5.82 Å². The molecule has 0 aliphatic rings. The standard InChI is InChI=1S/C22H26ClN3O4S/c1-4-25-21(24-20-9-6-5-8-19(20)22(25)27)16(2)26(14-7-15-30-3)31(28,29)18-12-10-17(23)11-13-18/h5-6,8-13,16H,4,7,14-15H2,1-3H3. The summed E-state index contributed by atoms with van der Waals surface area (Å²) in [4.78, 5) is 17.9. The average molecular weight is 464 g/mol. The van der Waals surface area contributed by atoms with Crippen LogP contribution in [0.15, 0.2) is 58.2 Å². The van der Waals surface area contributed by atoms with E-state index in [0.29, 0.717) is 41.3 Å². The lowest BCUT2D eigenvalue weighted by Gasteiger charge is -2.29. The summed E-state index contributed by atoms with van der Waals surface area (Å²) in [6.45, 7) is 4.60. The van der Waals surface area contributed by atoms with Crippen LogP contribution in [0, 0.1) is 0 Å². The summed E-state index contributed by atoms with van der Waals surface area (Å²) < 4.78 is 35.1. The van der Waals surface area contributed by atoms with Crippen LogP contribution in [0.25, 0.3) is 10.9 Å². The molecule has 7 nitrogen and oxygen atoms in total. The van der Waals surface area contributed by atoms with E-state index < -0.39 is 16.1 Å². The summed E-state index contributed by atoms with van der Waals surface area (Å²) in [7, 11) is -2.30. The molecule has 1 unspecified atom stereocenters. The van der Waals surface area contributed by atoms with E-state index in [2.05, 4.69) is 4.98 Å². The van der Waals surface area contributed by atoms with Crippen LogP contribution in [0.4, 0.5) is 0 Å². The highest BCUT2D eigenvalue weighted by atomic mass is 35.5. The summed E-state index contributed by atoms with van der Waals surface area (Å²) in [6, 6.07) is 12.5. The van der Waals surface area contributed by atoms with E-state index >= 15 is 0 Å². The van der Waals surface area contributed by atoms with Gasteiger partial charge in [-0.3, -0.25) is 9.36 Å². The van der Waals surface area contributed by atoms with Crippen LogP contribution in [0.3, 0.4) is 0 Å². The smallest absolute Gasteiger partial charge is 0.261 e. The first-order valence-electron chi connectivity index (χ1n) is 10.1. The lowest BCUT2D eigenvalue weighted by Crippen LogP contribution is -2.38. The molecule has 1 atom stereocenters. The Hall–Kier alpha value is -2.26. The number of ether oxygens (including phenoxy) is 1. The molecule has 3 rings (SSSR count). The van der Waals surface area contributed by atoms with Gasteiger partial charge in [0, 0.05) is 31.8 Å². The van der Waals surface area contributed by atoms with Gasteiger partial charge in [0.05, 0.1) is 21.8 Å². The molecule has 0 fully saturated rings. The maximum Gasteiger partial charge on any atom is 0.261 e. The minimum absolute atomic E-state index is 0.132. The fourth-order valence-corrected chi connectivity index (χ4v) is 5.32. The lowest BCUT2D eigenvalue weighted by atomic mass is 10.2. The van der Waals surface area contributed by atoms with Crippen molar-refractivity contribution in [2.24, 2.45) is 0 Å². The van der Waals surface area contributed by atoms with Crippen LogP contribution < -0.4 is 5.56 Å². The average Bonchev–Trinajstić information content (AvgIpc) is 2.76. The summed E-state index contributed by atoms with van der Waals surface area (Å²) >= 11 is 5.94. The van der Waals surface area contributed by atoms with Gasteiger partial charge in [0.25, 0.3) is 5.56 Å². The number of hydrogen-bond donors (Lipinski definition) is 0. The molecule has 0 spiro atoms. The molecular formula is C22H26ClN3O4S. The predicted octanol–water partition coefficient (Wildman–Crippen LogP) is 3.86. The van der Waals surface area contributed by atoms with Gasteiger partial charge in [0.2, 0.25) is 10.0 Å². The molecular weight excluding hydrogens is 438 g/mol. The molecule has 0 N–H and O–H groups in total. The van der Waals surface area contributed by atoms with Crippen molar-refractivity contribution in [3.8, 4) is 0 Å². The molecule has 31 heavy (non-hydrogen) atoms. The van der Waals surface area contributed by atoms with Crippen molar-refractivity contribution in [1.29, 1.82) is 0 Å². The van der Waals surface area contributed by atoms with E-state index in [9.17, 15) is 13.2 Å². The fraction of sp³-hybridized carbons (Fsp3) is 0.364. The van der Waals surface area contributed by atoms with Gasteiger partial charge in [-0.05, 0) is 56.7 Å². The van der Waals surface area contributed by atoms with Crippen LogP contribution >= 0.6 is 11.6 Å². The molecule has 1 heterocycles. The number of aromatic nitrogens is 2. The molecule has 0 amide bonds. The van der Waals surface area contributed by atoms with Gasteiger partial charge in [-0.1, -0.05) is 23.7 Å². The number of fused-ring (bicyclic) bond motifs is 1. The van der Waals surface area contributed by atoms with E-state index in [-0.39, 0.29) is 17.0 Å². The second-order valence-corrected chi connectivity index (χ2v) is 9.46. The minimum atomic E-state index is -3.87. The normalized spacial score (nSPS) is 13.1. The number of hydrogen-bond acceptors (Lipinski definition) is 5. The first-order valence-corrected chi connectivity index (χ1v) is 11.9. The number of methoxy groups -OCH3 is 1. The largest absolute Gasteiger partial charge is 0.385 e. The Labute approximate surface area is 187 Å². The summed E-state index contributed by atoms with van der Waals surface area (Å²) in [5, 5.41) is 0.959. The molecule has 0 saturated heterocycles. The molecule has 0 bridgehead atoms. The first-order chi connectivity index (χ1) is 14.8. The van der Waals surface area contributed by atoms with Crippen molar-refractivity contribution in [2.45, 2.75) is 37.8 Å². The Bertz CT molecular complexity index is 1210. The Kier molecular flexibility index (Phi) is 7.48. The summed E-state index contributed by atoms with van der Waals surface area (Å²) in [6.07, 6.45) is 0.498. The third-order valence-electron chi connectivity index (χ3n) is 5.16. The summed E-state index contributed by atoms with van der Waals surface area (Å²) in [5.41, 5.74) is 0.357. The lowest BCUT2D eigenvalue weighted by molar-refractivity contribution is 0.181. The van der Waals surface area contributed by atoms with E-state index in [1.807, 2.05) is 6.92 Å². The van der Waals surface area contributed by atoms with Gasteiger partial charge in [-0.2, -0.15) is 4.31 Å². The highest BCUT2D eigenvalue weighted by Gasteiger charge is 2.32. The first kappa shape index (κ1) is 23.4. The molecule has 0 aliphatic carbocycles. The van der Waals surface area contributed by atoms with Gasteiger partial charge in [-0.15, -0.1) is 0 Å². The molecule has 0 saturated carbocycles. The number of para-hydroxylation sites is 1.